The van der Waals surface area contributed by atoms with Crippen molar-refractivity contribution in [3.63, 3.8) is 0 Å². The second kappa shape index (κ2) is 4.35. The Morgan fingerprint density at radius 3 is 3.13 bits per heavy atom. The molecular formula is C12H13BrO2. The van der Waals surface area contributed by atoms with Crippen molar-refractivity contribution in [3.05, 3.63) is 28.2 Å². The fourth-order valence-corrected chi connectivity index (χ4v) is 2.21. The molecule has 0 saturated carbocycles. The van der Waals surface area contributed by atoms with Gasteiger partial charge in [0.15, 0.2) is 11.9 Å². The first kappa shape index (κ1) is 10.7. The summed E-state index contributed by atoms with van der Waals surface area (Å²) in [7, 11) is 0. The number of ketones is 1. The van der Waals surface area contributed by atoms with Crippen molar-refractivity contribution < 1.29 is 9.53 Å². The minimum Gasteiger partial charge on any atom is -0.482 e. The molecule has 0 fully saturated rings. The largest absolute Gasteiger partial charge is 0.482 e. The minimum absolute atomic E-state index is 0.213. The maximum Gasteiger partial charge on any atom is 0.173 e. The number of rotatable bonds is 3. The first-order chi connectivity index (χ1) is 7.20. The second-order valence-corrected chi connectivity index (χ2v) is 4.69. The summed E-state index contributed by atoms with van der Waals surface area (Å²) in [5, 5.41) is 0. The third kappa shape index (κ3) is 2.23. The van der Waals surface area contributed by atoms with E-state index in [0.717, 1.165) is 22.2 Å². The highest BCUT2D eigenvalue weighted by atomic mass is 79.9. The predicted octanol–water partition coefficient (Wildman–Crippen LogP) is 3.12. The summed E-state index contributed by atoms with van der Waals surface area (Å²) in [6.07, 6.45) is 1.96. The summed E-state index contributed by atoms with van der Waals surface area (Å²) in [6, 6.07) is 5.87. The van der Waals surface area contributed by atoms with E-state index < -0.39 is 0 Å². The Morgan fingerprint density at radius 1 is 1.60 bits per heavy atom. The molecule has 15 heavy (non-hydrogen) atoms. The molecule has 1 aromatic rings. The van der Waals surface area contributed by atoms with E-state index in [1.807, 2.05) is 25.1 Å². The third-order valence-electron chi connectivity index (χ3n) is 2.55. The van der Waals surface area contributed by atoms with Crippen LogP contribution in [-0.4, -0.2) is 11.9 Å². The van der Waals surface area contributed by atoms with Crippen molar-refractivity contribution in [1.82, 2.24) is 0 Å². The van der Waals surface area contributed by atoms with Crippen LogP contribution in [0.25, 0.3) is 0 Å². The lowest BCUT2D eigenvalue weighted by atomic mass is 10.1. The van der Waals surface area contributed by atoms with Crippen molar-refractivity contribution in [2.75, 3.05) is 0 Å². The van der Waals surface area contributed by atoms with Gasteiger partial charge in [0.2, 0.25) is 0 Å². The van der Waals surface area contributed by atoms with E-state index in [9.17, 15) is 4.79 Å². The van der Waals surface area contributed by atoms with Gasteiger partial charge in [0.1, 0.15) is 5.75 Å². The molecule has 0 spiro atoms. The molecule has 1 unspecified atom stereocenters. The van der Waals surface area contributed by atoms with E-state index in [4.69, 9.17) is 4.74 Å². The Bertz CT molecular complexity index is 387. The van der Waals surface area contributed by atoms with Gasteiger partial charge in [-0.05, 0) is 30.2 Å². The maximum absolute atomic E-state index is 11.7. The number of ether oxygens (including phenoxy) is 1. The topological polar surface area (TPSA) is 26.3 Å². The van der Waals surface area contributed by atoms with E-state index in [0.29, 0.717) is 12.8 Å². The monoisotopic (exact) mass is 268 g/mol. The lowest BCUT2D eigenvalue weighted by Crippen LogP contribution is -2.24. The van der Waals surface area contributed by atoms with E-state index >= 15 is 0 Å². The van der Waals surface area contributed by atoms with Crippen LogP contribution in [0.1, 0.15) is 25.3 Å². The molecule has 2 rings (SSSR count). The number of halogens is 1. The predicted molar refractivity (Wildman–Crippen MR) is 62.2 cm³/mol. The van der Waals surface area contributed by atoms with Crippen LogP contribution in [0.2, 0.25) is 0 Å². The van der Waals surface area contributed by atoms with Gasteiger partial charge in [0.05, 0.1) is 0 Å². The number of Topliss-reactive ketones (excluding diaryl/α,β-unsaturated/α-hetero) is 1. The molecule has 1 atom stereocenters. The van der Waals surface area contributed by atoms with Crippen LogP contribution >= 0.6 is 15.9 Å². The van der Waals surface area contributed by atoms with Crippen LogP contribution in [0.3, 0.4) is 0 Å². The van der Waals surface area contributed by atoms with Gasteiger partial charge in [0.25, 0.3) is 0 Å². The first-order valence-corrected chi connectivity index (χ1v) is 5.98. The number of benzene rings is 1. The smallest absolute Gasteiger partial charge is 0.173 e. The van der Waals surface area contributed by atoms with Gasteiger partial charge in [0, 0.05) is 17.3 Å². The number of hydrogen-bond donors (Lipinski definition) is 0. The third-order valence-corrected chi connectivity index (χ3v) is 3.05. The molecule has 1 aliphatic heterocycles. The lowest BCUT2D eigenvalue weighted by molar-refractivity contribution is -0.125. The van der Waals surface area contributed by atoms with Crippen molar-refractivity contribution in [3.8, 4) is 5.75 Å². The van der Waals surface area contributed by atoms with Crippen LogP contribution in [-0.2, 0) is 11.2 Å². The Kier molecular flexibility index (Phi) is 3.10. The minimum atomic E-state index is -0.255. The Hall–Kier alpha value is -0.830. The molecule has 3 heteroatoms. The van der Waals surface area contributed by atoms with Gasteiger partial charge in [-0.2, -0.15) is 0 Å². The van der Waals surface area contributed by atoms with E-state index in [2.05, 4.69) is 15.9 Å². The number of carbonyl (C=O) groups is 1. The molecule has 0 amide bonds. The molecule has 2 nitrogen and oxygen atoms in total. The fourth-order valence-electron chi connectivity index (χ4n) is 1.80. The molecule has 1 aromatic carbocycles. The summed E-state index contributed by atoms with van der Waals surface area (Å²) in [5.41, 5.74) is 1.12. The summed E-state index contributed by atoms with van der Waals surface area (Å²) in [4.78, 5) is 11.7. The molecular weight excluding hydrogens is 256 g/mol. The quantitative estimate of drug-likeness (QED) is 0.842. The zero-order chi connectivity index (χ0) is 10.8. The molecule has 0 aliphatic carbocycles. The van der Waals surface area contributed by atoms with Gasteiger partial charge >= 0.3 is 0 Å². The summed E-state index contributed by atoms with van der Waals surface area (Å²) in [5.74, 6) is 1.07. The second-order valence-electron chi connectivity index (χ2n) is 3.78. The molecule has 0 N–H and O–H groups in total. The van der Waals surface area contributed by atoms with Gasteiger partial charge in [-0.1, -0.05) is 22.9 Å². The van der Waals surface area contributed by atoms with Gasteiger partial charge in [-0.25, -0.2) is 0 Å². The van der Waals surface area contributed by atoms with Crippen molar-refractivity contribution >= 4 is 21.7 Å². The van der Waals surface area contributed by atoms with E-state index in [-0.39, 0.29) is 11.9 Å². The van der Waals surface area contributed by atoms with Crippen LogP contribution in [0, 0.1) is 0 Å². The zero-order valence-electron chi connectivity index (χ0n) is 8.63. The van der Waals surface area contributed by atoms with E-state index in [1.165, 1.54) is 0 Å². The molecule has 0 aromatic heterocycles. The number of hydrogen-bond acceptors (Lipinski definition) is 2. The van der Waals surface area contributed by atoms with Gasteiger partial charge in [-0.3, -0.25) is 4.79 Å². The average molecular weight is 269 g/mol. The van der Waals surface area contributed by atoms with Crippen molar-refractivity contribution in [2.45, 2.75) is 32.3 Å². The van der Waals surface area contributed by atoms with Crippen molar-refractivity contribution in [2.24, 2.45) is 0 Å². The Morgan fingerprint density at radius 2 is 2.40 bits per heavy atom. The van der Waals surface area contributed by atoms with Gasteiger partial charge in [-0.15, -0.1) is 0 Å². The highest BCUT2D eigenvalue weighted by Crippen LogP contribution is 2.31. The summed E-state index contributed by atoms with van der Waals surface area (Å²) in [6.45, 7) is 2.01. The Balaban J connectivity index is 2.12. The SMILES string of the molecule is CCCC(=O)C1Cc2cc(Br)ccc2O1. The normalized spacial score (nSPS) is 18.4. The van der Waals surface area contributed by atoms with Gasteiger partial charge < -0.3 is 4.74 Å². The highest BCUT2D eigenvalue weighted by Gasteiger charge is 2.28. The molecule has 80 valence electrons. The maximum atomic E-state index is 11.7. The first-order valence-electron chi connectivity index (χ1n) is 5.18. The van der Waals surface area contributed by atoms with Crippen LogP contribution < -0.4 is 4.74 Å². The lowest BCUT2D eigenvalue weighted by Gasteiger charge is -2.07. The standard InChI is InChI=1S/C12H13BrO2/c1-2-3-10(14)12-7-8-6-9(13)4-5-11(8)15-12/h4-6,12H,2-3,7H2,1H3. The summed E-state index contributed by atoms with van der Waals surface area (Å²) >= 11 is 3.41. The highest BCUT2D eigenvalue weighted by molar-refractivity contribution is 9.10. The average Bonchev–Trinajstić information content (AvgIpc) is 2.60. The molecule has 1 heterocycles. The molecule has 1 aliphatic rings. The molecule has 0 radical (unpaired) electrons. The Labute approximate surface area is 97.8 Å². The van der Waals surface area contributed by atoms with Crippen LogP contribution in [0.5, 0.6) is 5.75 Å². The van der Waals surface area contributed by atoms with Crippen molar-refractivity contribution in [1.29, 1.82) is 0 Å². The summed E-state index contributed by atoms with van der Waals surface area (Å²) < 4.78 is 6.64. The van der Waals surface area contributed by atoms with Crippen LogP contribution in [0.4, 0.5) is 0 Å². The molecule has 0 saturated heterocycles. The fraction of sp³-hybridized carbons (Fsp3) is 0.417. The molecule has 0 bridgehead atoms. The van der Waals surface area contributed by atoms with Crippen LogP contribution in [0.15, 0.2) is 22.7 Å². The number of carbonyl (C=O) groups excluding carboxylic acids is 1. The number of fused-ring (bicyclic) bond motifs is 1. The zero-order valence-corrected chi connectivity index (χ0v) is 10.2. The van der Waals surface area contributed by atoms with E-state index in [1.54, 1.807) is 0 Å².